The van der Waals surface area contributed by atoms with Gasteiger partial charge in [0.1, 0.15) is 0 Å². The third-order valence-electron chi connectivity index (χ3n) is 6.06. The van der Waals surface area contributed by atoms with Crippen molar-refractivity contribution in [3.8, 4) is 0 Å². The van der Waals surface area contributed by atoms with Gasteiger partial charge in [0.05, 0.1) is 4.90 Å². The molecular weight excluding hydrogens is 308 g/mol. The van der Waals surface area contributed by atoms with Gasteiger partial charge in [-0.1, -0.05) is 25.0 Å². The molecule has 3 fully saturated rings. The number of benzene rings is 1. The van der Waals surface area contributed by atoms with Gasteiger partial charge in [0.15, 0.2) is 0 Å². The Morgan fingerprint density at radius 3 is 2.04 bits per heavy atom. The zero-order valence-electron chi connectivity index (χ0n) is 13.5. The van der Waals surface area contributed by atoms with Gasteiger partial charge >= 0.3 is 0 Å². The van der Waals surface area contributed by atoms with Crippen molar-refractivity contribution in [1.29, 1.82) is 0 Å². The topological polar surface area (TPSA) is 63.4 Å². The maximum Gasteiger partial charge on any atom is 0.243 e. The Bertz CT molecular complexity index is 651. The lowest BCUT2D eigenvalue weighted by molar-refractivity contribution is 0.320. The summed E-state index contributed by atoms with van der Waals surface area (Å²) >= 11 is 0. The molecule has 0 amide bonds. The molecule has 1 heterocycles. The maximum atomic E-state index is 12.7. The van der Waals surface area contributed by atoms with Gasteiger partial charge < -0.3 is 5.73 Å². The molecule has 3 aliphatic rings. The zero-order chi connectivity index (χ0) is 16.0. The molecule has 0 bridgehead atoms. The minimum Gasteiger partial charge on any atom is -0.328 e. The van der Waals surface area contributed by atoms with Crippen molar-refractivity contribution < 1.29 is 8.42 Å². The smallest absolute Gasteiger partial charge is 0.243 e. The van der Waals surface area contributed by atoms with E-state index in [-0.39, 0.29) is 6.04 Å². The monoisotopic (exact) mass is 334 g/mol. The standard InChI is InChI=1S/C18H26N2O2S/c19-14-9-11-20(12-10-14)23(21,22)15-7-5-13(6-8-15)18-16-3-1-2-4-17(16)18/h5-8,14,16-18H,1-4,9-12,19H2/t16-,17+,18?. The molecule has 2 aliphatic carbocycles. The lowest BCUT2D eigenvalue weighted by Gasteiger charge is -2.29. The minimum absolute atomic E-state index is 0.141. The van der Waals surface area contributed by atoms with Crippen LogP contribution in [0.5, 0.6) is 0 Å². The number of rotatable bonds is 3. The van der Waals surface area contributed by atoms with Crippen LogP contribution in [0.25, 0.3) is 0 Å². The first-order valence-electron chi connectivity index (χ1n) is 8.93. The van der Waals surface area contributed by atoms with Crippen molar-refractivity contribution in [3.63, 3.8) is 0 Å². The van der Waals surface area contributed by atoms with E-state index in [1.165, 1.54) is 31.2 Å². The Hall–Kier alpha value is -0.910. The second-order valence-corrected chi connectivity index (χ2v) is 9.39. The number of piperidine rings is 1. The Kier molecular flexibility index (Phi) is 3.98. The molecule has 2 N–H and O–H groups in total. The third-order valence-corrected chi connectivity index (χ3v) is 7.97. The third kappa shape index (κ3) is 2.83. The van der Waals surface area contributed by atoms with Crippen LogP contribution in [-0.2, 0) is 10.0 Å². The molecule has 4 rings (SSSR count). The first-order chi connectivity index (χ1) is 11.1. The van der Waals surface area contributed by atoms with Gasteiger partial charge in [-0.15, -0.1) is 0 Å². The van der Waals surface area contributed by atoms with Gasteiger partial charge in [-0.25, -0.2) is 8.42 Å². The van der Waals surface area contributed by atoms with Crippen molar-refractivity contribution in [3.05, 3.63) is 29.8 Å². The van der Waals surface area contributed by atoms with E-state index in [0.717, 1.165) is 24.7 Å². The van der Waals surface area contributed by atoms with Crippen molar-refractivity contribution in [2.75, 3.05) is 13.1 Å². The fourth-order valence-electron chi connectivity index (χ4n) is 4.61. The van der Waals surface area contributed by atoms with Crippen molar-refractivity contribution in [1.82, 2.24) is 4.31 Å². The van der Waals surface area contributed by atoms with Gasteiger partial charge in [-0.2, -0.15) is 4.31 Å². The SMILES string of the molecule is NC1CCN(S(=O)(=O)c2ccc(C3[C@H]4CCCC[C@@H]34)cc2)CC1. The summed E-state index contributed by atoms with van der Waals surface area (Å²) in [6.07, 6.45) is 6.93. The maximum absolute atomic E-state index is 12.7. The highest BCUT2D eigenvalue weighted by molar-refractivity contribution is 7.89. The van der Waals surface area contributed by atoms with Gasteiger partial charge in [-0.3, -0.25) is 0 Å². The van der Waals surface area contributed by atoms with E-state index in [1.54, 1.807) is 4.31 Å². The van der Waals surface area contributed by atoms with E-state index in [2.05, 4.69) is 0 Å². The summed E-state index contributed by atoms with van der Waals surface area (Å²) in [5.41, 5.74) is 7.21. The lowest BCUT2D eigenvalue weighted by atomic mass is 10.0. The highest BCUT2D eigenvalue weighted by Crippen LogP contribution is 2.61. The Morgan fingerprint density at radius 1 is 0.913 bits per heavy atom. The Morgan fingerprint density at radius 2 is 1.48 bits per heavy atom. The van der Waals surface area contributed by atoms with Crippen molar-refractivity contribution >= 4 is 10.0 Å². The molecule has 3 atom stereocenters. The summed E-state index contributed by atoms with van der Waals surface area (Å²) in [6.45, 7) is 1.08. The zero-order valence-corrected chi connectivity index (χ0v) is 14.3. The number of hydrogen-bond donors (Lipinski definition) is 1. The second kappa shape index (κ2) is 5.87. The molecule has 0 aromatic heterocycles. The van der Waals surface area contributed by atoms with Crippen LogP contribution in [0.2, 0.25) is 0 Å². The molecule has 5 heteroatoms. The number of nitrogens with two attached hydrogens (primary N) is 1. The molecule has 1 saturated heterocycles. The van der Waals surface area contributed by atoms with Gasteiger partial charge in [0.2, 0.25) is 10.0 Å². The molecule has 4 nitrogen and oxygen atoms in total. The molecule has 0 radical (unpaired) electrons. The molecule has 1 unspecified atom stereocenters. The largest absolute Gasteiger partial charge is 0.328 e. The average Bonchev–Trinajstić information content (AvgIpc) is 3.30. The first-order valence-corrected chi connectivity index (χ1v) is 10.4. The van der Waals surface area contributed by atoms with E-state index in [1.807, 2.05) is 24.3 Å². The summed E-state index contributed by atoms with van der Waals surface area (Å²) in [5.74, 6) is 2.40. The Labute approximate surface area is 139 Å². The van der Waals surface area contributed by atoms with Gasteiger partial charge in [0.25, 0.3) is 0 Å². The molecule has 23 heavy (non-hydrogen) atoms. The van der Waals surface area contributed by atoms with Gasteiger partial charge in [0, 0.05) is 19.1 Å². The van der Waals surface area contributed by atoms with E-state index < -0.39 is 10.0 Å². The van der Waals surface area contributed by atoms with Crippen molar-refractivity contribution in [2.45, 2.75) is 55.4 Å². The Balaban J connectivity index is 1.49. The number of sulfonamides is 1. The fraction of sp³-hybridized carbons (Fsp3) is 0.667. The van der Waals surface area contributed by atoms with Gasteiger partial charge in [-0.05, 0) is 61.1 Å². The summed E-state index contributed by atoms with van der Waals surface area (Å²) < 4.78 is 27.0. The number of fused-ring (bicyclic) bond motifs is 1. The van der Waals surface area contributed by atoms with Crippen molar-refractivity contribution in [2.24, 2.45) is 17.6 Å². The van der Waals surface area contributed by atoms with Crippen LogP contribution >= 0.6 is 0 Å². The second-order valence-electron chi connectivity index (χ2n) is 7.45. The van der Waals surface area contributed by atoms with Crippen LogP contribution in [0.15, 0.2) is 29.2 Å². The molecule has 0 spiro atoms. The van der Waals surface area contributed by atoms with E-state index in [4.69, 9.17) is 5.73 Å². The molecule has 2 saturated carbocycles. The van der Waals surface area contributed by atoms with Crippen LogP contribution in [0.4, 0.5) is 0 Å². The molecular formula is C18H26N2O2S. The molecule has 1 aromatic carbocycles. The number of nitrogens with zero attached hydrogens (tertiary/aromatic N) is 1. The highest BCUT2D eigenvalue weighted by Gasteiger charge is 2.51. The van der Waals surface area contributed by atoms with E-state index in [0.29, 0.717) is 23.9 Å². The predicted molar refractivity (Wildman–Crippen MR) is 90.6 cm³/mol. The normalized spacial score (nSPS) is 32.5. The highest BCUT2D eigenvalue weighted by atomic mass is 32.2. The van der Waals surface area contributed by atoms with Crippen LogP contribution in [0.1, 0.15) is 50.0 Å². The predicted octanol–water partition coefficient (Wildman–Crippen LogP) is 2.70. The quantitative estimate of drug-likeness (QED) is 0.924. The molecule has 1 aromatic rings. The summed E-state index contributed by atoms with van der Waals surface area (Å²) in [6, 6.07) is 7.85. The minimum atomic E-state index is -3.36. The molecule has 126 valence electrons. The van der Waals surface area contributed by atoms with Crippen LogP contribution < -0.4 is 5.73 Å². The number of hydrogen-bond acceptors (Lipinski definition) is 3. The van der Waals surface area contributed by atoms with Crippen LogP contribution in [0.3, 0.4) is 0 Å². The summed E-state index contributed by atoms with van der Waals surface area (Å²) in [4.78, 5) is 0.431. The summed E-state index contributed by atoms with van der Waals surface area (Å²) in [5, 5.41) is 0. The lowest BCUT2D eigenvalue weighted by Crippen LogP contribution is -2.42. The van der Waals surface area contributed by atoms with E-state index in [9.17, 15) is 8.42 Å². The van der Waals surface area contributed by atoms with Crippen LogP contribution in [-0.4, -0.2) is 31.9 Å². The summed E-state index contributed by atoms with van der Waals surface area (Å²) in [7, 11) is -3.36. The van der Waals surface area contributed by atoms with E-state index >= 15 is 0 Å². The van der Waals surface area contributed by atoms with Crippen LogP contribution in [0, 0.1) is 11.8 Å². The fourth-order valence-corrected chi connectivity index (χ4v) is 6.08. The average molecular weight is 334 g/mol. The molecule has 1 aliphatic heterocycles. The first kappa shape index (κ1) is 15.6.